The van der Waals surface area contributed by atoms with Gasteiger partial charge in [0.05, 0.1) is 17.9 Å². The zero-order chi connectivity index (χ0) is 17.8. The molecule has 2 amide bonds. The number of aromatic nitrogens is 2. The summed E-state index contributed by atoms with van der Waals surface area (Å²) in [6, 6.07) is 0.360. The highest BCUT2D eigenvalue weighted by molar-refractivity contribution is 5.93. The molecule has 25 heavy (non-hydrogen) atoms. The van der Waals surface area contributed by atoms with Crippen molar-refractivity contribution >= 4 is 11.8 Å². The van der Waals surface area contributed by atoms with Crippen LogP contribution in [0.15, 0.2) is 6.33 Å². The number of carbonyl (C=O) groups excluding carboxylic acids is 2. The molecule has 2 heterocycles. The second kappa shape index (κ2) is 8.02. The molecule has 1 aromatic heterocycles. The van der Waals surface area contributed by atoms with Gasteiger partial charge in [0.25, 0.3) is 5.91 Å². The molecule has 1 saturated carbocycles. The first-order valence-corrected chi connectivity index (χ1v) is 9.67. The van der Waals surface area contributed by atoms with Crippen molar-refractivity contribution in [2.45, 2.75) is 71.4 Å². The van der Waals surface area contributed by atoms with Crippen molar-refractivity contribution in [3.63, 3.8) is 0 Å². The van der Waals surface area contributed by atoms with Crippen LogP contribution in [0.25, 0.3) is 0 Å². The van der Waals surface area contributed by atoms with Gasteiger partial charge < -0.3 is 15.2 Å². The van der Waals surface area contributed by atoms with Gasteiger partial charge in [0.1, 0.15) is 5.69 Å². The van der Waals surface area contributed by atoms with Gasteiger partial charge in [-0.3, -0.25) is 9.59 Å². The van der Waals surface area contributed by atoms with Gasteiger partial charge in [-0.2, -0.15) is 0 Å². The predicted octanol–water partition coefficient (Wildman–Crippen LogP) is 2.28. The maximum atomic E-state index is 12.5. The fourth-order valence-electron chi connectivity index (χ4n) is 3.82. The van der Waals surface area contributed by atoms with E-state index in [0.29, 0.717) is 30.7 Å². The molecule has 1 atom stereocenters. The Hall–Kier alpha value is -1.85. The first kappa shape index (κ1) is 18.0. The molecule has 1 fully saturated rings. The minimum Gasteiger partial charge on any atom is -0.353 e. The fraction of sp³-hybridized carbons (Fsp3) is 0.737. The lowest BCUT2D eigenvalue weighted by Crippen LogP contribution is -2.40. The van der Waals surface area contributed by atoms with Crippen molar-refractivity contribution in [1.29, 1.82) is 0 Å². The van der Waals surface area contributed by atoms with Crippen molar-refractivity contribution in [3.8, 4) is 0 Å². The number of rotatable bonds is 6. The molecule has 1 aromatic rings. The highest BCUT2D eigenvalue weighted by Crippen LogP contribution is 2.24. The Morgan fingerprint density at radius 1 is 1.28 bits per heavy atom. The van der Waals surface area contributed by atoms with Crippen molar-refractivity contribution < 1.29 is 9.59 Å². The summed E-state index contributed by atoms with van der Waals surface area (Å²) in [5.41, 5.74) is 1.49. The number of amides is 2. The zero-order valence-electron chi connectivity index (χ0n) is 15.4. The Kier molecular flexibility index (Phi) is 5.76. The van der Waals surface area contributed by atoms with E-state index in [1.54, 1.807) is 6.33 Å². The number of hydrogen-bond donors (Lipinski definition) is 2. The number of nitrogens with zero attached hydrogens (tertiary/aromatic N) is 2. The van der Waals surface area contributed by atoms with Crippen molar-refractivity contribution in [2.24, 2.45) is 11.8 Å². The van der Waals surface area contributed by atoms with Gasteiger partial charge in [0.2, 0.25) is 5.91 Å². The third-order valence-electron chi connectivity index (χ3n) is 5.39. The summed E-state index contributed by atoms with van der Waals surface area (Å²) >= 11 is 0. The molecule has 0 spiro atoms. The minimum absolute atomic E-state index is 0.0147. The molecule has 2 aliphatic rings. The average Bonchev–Trinajstić information content (AvgIpc) is 3.22. The molecule has 1 aliphatic heterocycles. The SMILES string of the molecule is CC(C)CCNC(=O)c1ncn2c1CCC(C(=O)NC1CCCC1)C2. The quantitative estimate of drug-likeness (QED) is 0.830. The summed E-state index contributed by atoms with van der Waals surface area (Å²) in [5.74, 6) is 0.618. The Morgan fingerprint density at radius 2 is 2.04 bits per heavy atom. The highest BCUT2D eigenvalue weighted by atomic mass is 16.2. The molecule has 0 aromatic carbocycles. The number of fused-ring (bicyclic) bond motifs is 1. The Labute approximate surface area is 149 Å². The molecule has 0 bridgehead atoms. The van der Waals surface area contributed by atoms with Gasteiger partial charge in [0, 0.05) is 19.1 Å². The molecular formula is C19H30N4O2. The first-order valence-electron chi connectivity index (χ1n) is 9.67. The van der Waals surface area contributed by atoms with Crippen molar-refractivity contribution in [1.82, 2.24) is 20.2 Å². The van der Waals surface area contributed by atoms with E-state index in [1.807, 2.05) is 4.57 Å². The molecule has 0 radical (unpaired) electrons. The lowest BCUT2D eigenvalue weighted by Gasteiger charge is -2.25. The van der Waals surface area contributed by atoms with Crippen LogP contribution in [0, 0.1) is 11.8 Å². The van der Waals surface area contributed by atoms with E-state index in [9.17, 15) is 9.59 Å². The van der Waals surface area contributed by atoms with Crippen LogP contribution in [0.3, 0.4) is 0 Å². The van der Waals surface area contributed by atoms with Crippen LogP contribution in [-0.4, -0.2) is 34.0 Å². The van der Waals surface area contributed by atoms with Gasteiger partial charge in [-0.25, -0.2) is 4.98 Å². The minimum atomic E-state index is -0.0942. The Morgan fingerprint density at radius 3 is 2.76 bits per heavy atom. The van der Waals surface area contributed by atoms with E-state index in [2.05, 4.69) is 29.5 Å². The lowest BCUT2D eigenvalue weighted by molar-refractivity contribution is -0.126. The second-order valence-corrected chi connectivity index (χ2v) is 7.86. The summed E-state index contributed by atoms with van der Waals surface area (Å²) < 4.78 is 1.99. The third kappa shape index (κ3) is 4.41. The summed E-state index contributed by atoms with van der Waals surface area (Å²) in [6.45, 7) is 5.58. The van der Waals surface area contributed by atoms with Gasteiger partial charge in [-0.15, -0.1) is 0 Å². The summed E-state index contributed by atoms with van der Waals surface area (Å²) in [6.07, 6.45) is 8.84. The van der Waals surface area contributed by atoms with Crippen LogP contribution in [0.2, 0.25) is 0 Å². The van der Waals surface area contributed by atoms with Crippen LogP contribution in [0.5, 0.6) is 0 Å². The number of nitrogens with one attached hydrogen (secondary N) is 2. The van der Waals surface area contributed by atoms with E-state index in [4.69, 9.17) is 0 Å². The molecule has 1 aliphatic carbocycles. The van der Waals surface area contributed by atoms with E-state index in [0.717, 1.165) is 37.8 Å². The van der Waals surface area contributed by atoms with Gasteiger partial charge >= 0.3 is 0 Å². The van der Waals surface area contributed by atoms with Crippen LogP contribution < -0.4 is 10.6 Å². The number of carbonyl (C=O) groups is 2. The maximum absolute atomic E-state index is 12.5. The molecule has 6 nitrogen and oxygen atoms in total. The van der Waals surface area contributed by atoms with Crippen molar-refractivity contribution in [3.05, 3.63) is 17.7 Å². The lowest BCUT2D eigenvalue weighted by atomic mass is 9.95. The summed E-state index contributed by atoms with van der Waals surface area (Å²) in [5, 5.41) is 6.15. The molecule has 0 saturated heterocycles. The highest BCUT2D eigenvalue weighted by Gasteiger charge is 2.30. The second-order valence-electron chi connectivity index (χ2n) is 7.86. The average molecular weight is 346 g/mol. The molecule has 3 rings (SSSR count). The molecule has 2 N–H and O–H groups in total. The topological polar surface area (TPSA) is 76.0 Å². The smallest absolute Gasteiger partial charge is 0.271 e. The van der Waals surface area contributed by atoms with Crippen molar-refractivity contribution in [2.75, 3.05) is 6.54 Å². The van der Waals surface area contributed by atoms with Gasteiger partial charge in [-0.1, -0.05) is 26.7 Å². The summed E-state index contributed by atoms with van der Waals surface area (Å²) in [4.78, 5) is 29.1. The van der Waals surface area contributed by atoms with Crippen LogP contribution >= 0.6 is 0 Å². The number of hydrogen-bond acceptors (Lipinski definition) is 3. The molecule has 6 heteroatoms. The molecule has 138 valence electrons. The monoisotopic (exact) mass is 346 g/mol. The van der Waals surface area contributed by atoms with Crippen LogP contribution in [-0.2, 0) is 17.8 Å². The molecule has 1 unspecified atom stereocenters. The Bertz CT molecular complexity index is 617. The molecular weight excluding hydrogens is 316 g/mol. The standard InChI is InChI=1S/C19H30N4O2/c1-13(2)9-10-20-19(25)17-16-8-7-14(11-23(16)12-21-17)18(24)22-15-5-3-4-6-15/h12-15H,3-11H2,1-2H3,(H,20,25)(H,22,24). The van der Waals surface area contributed by atoms with E-state index in [1.165, 1.54) is 12.8 Å². The van der Waals surface area contributed by atoms with Crippen LogP contribution in [0.1, 0.15) is 68.6 Å². The number of imidazole rings is 1. The largest absolute Gasteiger partial charge is 0.353 e. The van der Waals surface area contributed by atoms with Crippen LogP contribution in [0.4, 0.5) is 0 Å². The van der Waals surface area contributed by atoms with E-state index in [-0.39, 0.29) is 17.7 Å². The normalized spacial score (nSPS) is 20.5. The van der Waals surface area contributed by atoms with E-state index < -0.39 is 0 Å². The summed E-state index contributed by atoms with van der Waals surface area (Å²) in [7, 11) is 0. The zero-order valence-corrected chi connectivity index (χ0v) is 15.4. The predicted molar refractivity (Wildman–Crippen MR) is 96.2 cm³/mol. The maximum Gasteiger partial charge on any atom is 0.271 e. The van der Waals surface area contributed by atoms with E-state index >= 15 is 0 Å². The van der Waals surface area contributed by atoms with Gasteiger partial charge in [-0.05, 0) is 38.0 Å². The fourth-order valence-corrected chi connectivity index (χ4v) is 3.82. The van der Waals surface area contributed by atoms with Gasteiger partial charge in [0.15, 0.2) is 0 Å². The first-order chi connectivity index (χ1) is 12.0. The third-order valence-corrected chi connectivity index (χ3v) is 5.39. The Balaban J connectivity index is 1.56.